The van der Waals surface area contributed by atoms with E-state index in [0.717, 1.165) is 31.9 Å². The molecule has 0 bridgehead atoms. The molecule has 1 aromatic rings. The van der Waals surface area contributed by atoms with Crippen LogP contribution in [-0.2, 0) is 19.6 Å². The average Bonchev–Trinajstić information content (AvgIpc) is 3.06. The Kier molecular flexibility index (Phi) is 6.55. The van der Waals surface area contributed by atoms with E-state index in [9.17, 15) is 18.0 Å². The van der Waals surface area contributed by atoms with Crippen molar-refractivity contribution in [3.05, 3.63) is 29.8 Å². The Morgan fingerprint density at radius 2 is 1.80 bits per heavy atom. The van der Waals surface area contributed by atoms with Crippen LogP contribution >= 0.6 is 0 Å². The zero-order valence-corrected chi connectivity index (χ0v) is 15.3. The van der Waals surface area contributed by atoms with Gasteiger partial charge in [-0.15, -0.1) is 0 Å². The van der Waals surface area contributed by atoms with E-state index in [1.54, 1.807) is 31.2 Å². The van der Waals surface area contributed by atoms with E-state index in [-0.39, 0.29) is 12.6 Å². The summed E-state index contributed by atoms with van der Waals surface area (Å²) in [4.78, 5) is 23.8. The Bertz CT molecular complexity index is 709. The lowest BCUT2D eigenvalue weighted by Gasteiger charge is -2.25. The molecule has 1 aromatic carbocycles. The zero-order chi connectivity index (χ0) is 18.4. The van der Waals surface area contributed by atoms with Crippen LogP contribution in [0.15, 0.2) is 24.3 Å². The fourth-order valence-electron chi connectivity index (χ4n) is 2.96. The summed E-state index contributed by atoms with van der Waals surface area (Å²) in [5, 5.41) is 2.67. The molecule has 1 fully saturated rings. The minimum atomic E-state index is -3.45. The Hall–Kier alpha value is -1.93. The standard InChI is InChI=1S/C17H24N2O5S/c1-3-24-17(21)13-8-10-14(11-9-13)18-16(20)12-19(25(2,22)23)15-6-4-5-7-15/h8-11,15H,3-7,12H2,1-2H3,(H,18,20). The second-order valence-electron chi connectivity index (χ2n) is 6.09. The number of hydrogen-bond acceptors (Lipinski definition) is 5. The van der Waals surface area contributed by atoms with Crippen molar-refractivity contribution in [3.63, 3.8) is 0 Å². The van der Waals surface area contributed by atoms with Gasteiger partial charge in [-0.25, -0.2) is 13.2 Å². The van der Waals surface area contributed by atoms with Gasteiger partial charge in [0, 0.05) is 11.7 Å². The van der Waals surface area contributed by atoms with Crippen molar-refractivity contribution >= 4 is 27.6 Å². The van der Waals surface area contributed by atoms with Gasteiger partial charge in [0.1, 0.15) is 0 Å². The predicted molar refractivity (Wildman–Crippen MR) is 94.8 cm³/mol. The molecule has 0 atom stereocenters. The Labute approximate surface area is 148 Å². The van der Waals surface area contributed by atoms with Gasteiger partial charge >= 0.3 is 5.97 Å². The van der Waals surface area contributed by atoms with Gasteiger partial charge in [-0.1, -0.05) is 12.8 Å². The third-order valence-electron chi connectivity index (χ3n) is 4.14. The van der Waals surface area contributed by atoms with E-state index in [4.69, 9.17) is 4.74 Å². The van der Waals surface area contributed by atoms with Crippen molar-refractivity contribution in [2.45, 2.75) is 38.6 Å². The van der Waals surface area contributed by atoms with Crippen LogP contribution in [0.25, 0.3) is 0 Å². The largest absolute Gasteiger partial charge is 0.462 e. The summed E-state index contributed by atoms with van der Waals surface area (Å²) in [5.41, 5.74) is 0.890. The summed E-state index contributed by atoms with van der Waals surface area (Å²) in [5.74, 6) is -0.828. The third kappa shape index (κ3) is 5.54. The van der Waals surface area contributed by atoms with Crippen LogP contribution < -0.4 is 5.32 Å². The van der Waals surface area contributed by atoms with Crippen LogP contribution in [0.4, 0.5) is 5.69 Å². The molecule has 2 rings (SSSR count). The highest BCUT2D eigenvalue weighted by molar-refractivity contribution is 7.88. The molecular weight excluding hydrogens is 344 g/mol. The summed E-state index contributed by atoms with van der Waals surface area (Å²) >= 11 is 0. The highest BCUT2D eigenvalue weighted by Crippen LogP contribution is 2.25. The number of ether oxygens (including phenoxy) is 1. The zero-order valence-electron chi connectivity index (χ0n) is 14.5. The molecule has 1 aliphatic rings. The van der Waals surface area contributed by atoms with Crippen LogP contribution in [0.3, 0.4) is 0 Å². The summed E-state index contributed by atoms with van der Waals surface area (Å²) in [7, 11) is -3.45. The topological polar surface area (TPSA) is 92.8 Å². The number of carbonyl (C=O) groups excluding carboxylic acids is 2. The summed E-state index contributed by atoms with van der Waals surface area (Å²) in [6, 6.07) is 6.18. The van der Waals surface area contributed by atoms with Crippen LogP contribution in [0.5, 0.6) is 0 Å². The van der Waals surface area contributed by atoms with Crippen LogP contribution in [0.2, 0.25) is 0 Å². The lowest BCUT2D eigenvalue weighted by Crippen LogP contribution is -2.43. The minimum absolute atomic E-state index is 0.105. The number of nitrogens with zero attached hydrogens (tertiary/aromatic N) is 1. The Morgan fingerprint density at radius 1 is 1.20 bits per heavy atom. The van der Waals surface area contributed by atoms with Crippen molar-refractivity contribution in [2.24, 2.45) is 0 Å². The van der Waals surface area contributed by atoms with Gasteiger partial charge in [-0.2, -0.15) is 4.31 Å². The van der Waals surface area contributed by atoms with Gasteiger partial charge in [0.15, 0.2) is 0 Å². The number of hydrogen-bond donors (Lipinski definition) is 1. The fourth-order valence-corrected chi connectivity index (χ4v) is 4.06. The molecule has 1 N–H and O–H groups in total. The first-order chi connectivity index (χ1) is 11.8. The number of anilines is 1. The first-order valence-corrected chi connectivity index (χ1v) is 10.2. The molecule has 0 heterocycles. The van der Waals surface area contributed by atoms with Gasteiger partial charge in [0.05, 0.1) is 25.0 Å². The molecule has 0 radical (unpaired) electrons. The van der Waals surface area contributed by atoms with Crippen LogP contribution in [-0.4, -0.2) is 50.0 Å². The van der Waals surface area contributed by atoms with Gasteiger partial charge < -0.3 is 10.1 Å². The molecule has 7 nitrogen and oxygen atoms in total. The maximum Gasteiger partial charge on any atom is 0.338 e. The van der Waals surface area contributed by atoms with Crippen LogP contribution in [0, 0.1) is 0 Å². The molecule has 138 valence electrons. The van der Waals surface area contributed by atoms with E-state index in [2.05, 4.69) is 5.32 Å². The summed E-state index contributed by atoms with van der Waals surface area (Å²) in [6.45, 7) is 1.81. The average molecular weight is 368 g/mol. The smallest absolute Gasteiger partial charge is 0.338 e. The molecule has 0 spiro atoms. The second kappa shape index (κ2) is 8.44. The molecule has 1 saturated carbocycles. The van der Waals surface area contributed by atoms with Gasteiger partial charge in [-0.05, 0) is 44.0 Å². The number of nitrogens with one attached hydrogen (secondary N) is 1. The molecule has 0 saturated heterocycles. The monoisotopic (exact) mass is 368 g/mol. The van der Waals surface area contributed by atoms with Crippen molar-refractivity contribution in [3.8, 4) is 0 Å². The molecule has 1 aliphatic carbocycles. The number of carbonyl (C=O) groups is 2. The highest BCUT2D eigenvalue weighted by Gasteiger charge is 2.30. The normalized spacial score (nSPS) is 15.3. The van der Waals surface area contributed by atoms with Crippen molar-refractivity contribution in [1.82, 2.24) is 4.31 Å². The van der Waals surface area contributed by atoms with E-state index >= 15 is 0 Å². The number of rotatable bonds is 7. The maximum atomic E-state index is 12.2. The minimum Gasteiger partial charge on any atom is -0.462 e. The number of amides is 1. The molecule has 0 aromatic heterocycles. The van der Waals surface area contributed by atoms with Gasteiger partial charge in [-0.3, -0.25) is 4.79 Å². The van der Waals surface area contributed by atoms with Crippen molar-refractivity contribution in [1.29, 1.82) is 0 Å². The number of esters is 1. The van der Waals surface area contributed by atoms with Crippen molar-refractivity contribution in [2.75, 3.05) is 24.7 Å². The third-order valence-corrected chi connectivity index (χ3v) is 5.42. The predicted octanol–water partition coefficient (Wildman–Crippen LogP) is 2.01. The van der Waals surface area contributed by atoms with E-state index in [0.29, 0.717) is 17.9 Å². The summed E-state index contributed by atoms with van der Waals surface area (Å²) < 4.78 is 30.1. The highest BCUT2D eigenvalue weighted by atomic mass is 32.2. The Balaban J connectivity index is 1.99. The lowest BCUT2D eigenvalue weighted by molar-refractivity contribution is -0.116. The second-order valence-corrected chi connectivity index (χ2v) is 8.03. The SMILES string of the molecule is CCOC(=O)c1ccc(NC(=O)CN(C2CCCC2)S(C)(=O)=O)cc1. The molecule has 0 unspecified atom stereocenters. The quantitative estimate of drug-likeness (QED) is 0.743. The molecule has 1 amide bonds. The Morgan fingerprint density at radius 3 is 2.32 bits per heavy atom. The van der Waals surface area contributed by atoms with Gasteiger partial charge in [0.2, 0.25) is 15.9 Å². The fraction of sp³-hybridized carbons (Fsp3) is 0.529. The van der Waals surface area contributed by atoms with E-state index in [1.165, 1.54) is 4.31 Å². The molecule has 8 heteroatoms. The number of sulfonamides is 1. The molecule has 25 heavy (non-hydrogen) atoms. The summed E-state index contributed by atoms with van der Waals surface area (Å²) in [6.07, 6.45) is 4.66. The van der Waals surface area contributed by atoms with Crippen molar-refractivity contribution < 1.29 is 22.7 Å². The van der Waals surface area contributed by atoms with E-state index < -0.39 is 21.9 Å². The van der Waals surface area contributed by atoms with Crippen LogP contribution in [0.1, 0.15) is 43.0 Å². The number of benzene rings is 1. The van der Waals surface area contributed by atoms with E-state index in [1.807, 2.05) is 0 Å². The molecular formula is C17H24N2O5S. The lowest BCUT2D eigenvalue weighted by atomic mass is 10.2. The first-order valence-electron chi connectivity index (χ1n) is 8.35. The molecule has 0 aliphatic heterocycles. The van der Waals surface area contributed by atoms with Gasteiger partial charge in [0.25, 0.3) is 0 Å². The maximum absolute atomic E-state index is 12.2. The first kappa shape index (κ1) is 19.4.